The van der Waals surface area contributed by atoms with Crippen LogP contribution < -0.4 is 5.73 Å². The highest BCUT2D eigenvalue weighted by atomic mass is 79.9. The van der Waals surface area contributed by atoms with Gasteiger partial charge in [0, 0.05) is 20.0 Å². The maximum Gasteiger partial charge on any atom is 0.338 e. The van der Waals surface area contributed by atoms with Gasteiger partial charge in [0.1, 0.15) is 0 Å². The number of anilines is 1. The minimum Gasteiger partial charge on any atom is -0.462 e. The number of halogens is 1. The van der Waals surface area contributed by atoms with Crippen molar-refractivity contribution < 1.29 is 9.53 Å². The largest absolute Gasteiger partial charge is 0.462 e. The second-order valence-electron chi connectivity index (χ2n) is 4.03. The lowest BCUT2D eigenvalue weighted by atomic mass is 10.2. The van der Waals surface area contributed by atoms with Gasteiger partial charge in [-0.2, -0.15) is 0 Å². The lowest BCUT2D eigenvalue weighted by Crippen LogP contribution is -2.03. The first kappa shape index (κ1) is 14.9. The maximum absolute atomic E-state index is 11.5. The molecular formula is C15H14BrNO2S. The van der Waals surface area contributed by atoms with E-state index < -0.39 is 0 Å². The quantitative estimate of drug-likeness (QED) is 0.656. The molecule has 0 fully saturated rings. The number of carbonyl (C=O) groups excluding carboxylic acids is 1. The Hall–Kier alpha value is -1.46. The van der Waals surface area contributed by atoms with Gasteiger partial charge < -0.3 is 10.5 Å². The summed E-state index contributed by atoms with van der Waals surface area (Å²) in [4.78, 5) is 13.6. The van der Waals surface area contributed by atoms with Crippen LogP contribution in [0.15, 0.2) is 56.7 Å². The van der Waals surface area contributed by atoms with Crippen LogP contribution >= 0.6 is 27.7 Å². The van der Waals surface area contributed by atoms with Crippen LogP contribution in [0.2, 0.25) is 0 Å². The summed E-state index contributed by atoms with van der Waals surface area (Å²) in [6.45, 7) is 2.17. The lowest BCUT2D eigenvalue weighted by Gasteiger charge is -2.05. The fourth-order valence-corrected chi connectivity index (χ4v) is 2.71. The topological polar surface area (TPSA) is 52.3 Å². The second kappa shape index (κ2) is 6.81. The van der Waals surface area contributed by atoms with Gasteiger partial charge in [0.15, 0.2) is 0 Å². The Morgan fingerprint density at radius 3 is 2.45 bits per heavy atom. The number of ether oxygens (including phenoxy) is 1. The molecular weight excluding hydrogens is 338 g/mol. The van der Waals surface area contributed by atoms with E-state index >= 15 is 0 Å². The van der Waals surface area contributed by atoms with Crippen molar-refractivity contribution in [3.8, 4) is 0 Å². The first-order valence-corrected chi connectivity index (χ1v) is 7.71. The summed E-state index contributed by atoms with van der Waals surface area (Å²) >= 11 is 4.96. The molecule has 2 N–H and O–H groups in total. The van der Waals surface area contributed by atoms with E-state index in [0.29, 0.717) is 17.9 Å². The number of rotatable bonds is 4. The Bertz CT molecular complexity index is 614. The van der Waals surface area contributed by atoms with E-state index in [4.69, 9.17) is 10.5 Å². The van der Waals surface area contributed by atoms with Crippen molar-refractivity contribution >= 4 is 39.3 Å². The third-order valence-electron chi connectivity index (χ3n) is 2.57. The molecule has 0 unspecified atom stereocenters. The molecule has 5 heteroatoms. The van der Waals surface area contributed by atoms with E-state index in [2.05, 4.69) is 15.9 Å². The zero-order chi connectivity index (χ0) is 14.5. The van der Waals surface area contributed by atoms with Crippen LogP contribution in [0.4, 0.5) is 5.69 Å². The molecule has 0 aromatic heterocycles. The zero-order valence-electron chi connectivity index (χ0n) is 10.9. The standard InChI is InChI=1S/C15H14BrNO2S/c1-2-19-15(18)10-3-5-11(6-4-10)20-12-7-8-13(16)14(17)9-12/h3-9H,2,17H2,1H3. The highest BCUT2D eigenvalue weighted by Crippen LogP contribution is 2.31. The zero-order valence-corrected chi connectivity index (χ0v) is 13.3. The molecule has 3 nitrogen and oxygen atoms in total. The SMILES string of the molecule is CCOC(=O)c1ccc(Sc2ccc(Br)c(N)c2)cc1. The minimum atomic E-state index is -0.295. The van der Waals surface area contributed by atoms with Gasteiger partial charge in [-0.25, -0.2) is 4.79 Å². The van der Waals surface area contributed by atoms with E-state index in [1.807, 2.05) is 30.3 Å². The van der Waals surface area contributed by atoms with E-state index in [-0.39, 0.29) is 5.97 Å². The van der Waals surface area contributed by atoms with Gasteiger partial charge in [0.2, 0.25) is 0 Å². The maximum atomic E-state index is 11.5. The van der Waals surface area contributed by atoms with Gasteiger partial charge >= 0.3 is 5.97 Å². The van der Waals surface area contributed by atoms with Crippen LogP contribution in [0.25, 0.3) is 0 Å². The van der Waals surface area contributed by atoms with Crippen LogP contribution in [0.3, 0.4) is 0 Å². The first-order valence-electron chi connectivity index (χ1n) is 6.10. The Balaban J connectivity index is 2.10. The molecule has 0 amide bonds. The van der Waals surface area contributed by atoms with Gasteiger partial charge in [-0.05, 0) is 65.3 Å². The van der Waals surface area contributed by atoms with Gasteiger partial charge in [-0.15, -0.1) is 0 Å². The Kier molecular flexibility index (Phi) is 5.09. The Morgan fingerprint density at radius 2 is 1.85 bits per heavy atom. The Labute approximate surface area is 130 Å². The van der Waals surface area contributed by atoms with Gasteiger partial charge in [0.25, 0.3) is 0 Å². The fourth-order valence-electron chi connectivity index (χ4n) is 1.59. The molecule has 0 saturated heterocycles. The van der Waals surface area contributed by atoms with E-state index in [1.165, 1.54) is 0 Å². The van der Waals surface area contributed by atoms with Crippen molar-refractivity contribution in [3.05, 3.63) is 52.5 Å². The van der Waals surface area contributed by atoms with Gasteiger partial charge in [0.05, 0.1) is 12.2 Å². The third-order valence-corrected chi connectivity index (χ3v) is 4.29. The normalized spacial score (nSPS) is 10.3. The predicted octanol–water partition coefficient (Wildman–Crippen LogP) is 4.36. The van der Waals surface area contributed by atoms with Crippen LogP contribution in [-0.4, -0.2) is 12.6 Å². The van der Waals surface area contributed by atoms with Crippen molar-refractivity contribution in [1.29, 1.82) is 0 Å². The summed E-state index contributed by atoms with van der Waals surface area (Å²) in [5, 5.41) is 0. The fraction of sp³-hybridized carbons (Fsp3) is 0.133. The molecule has 2 rings (SSSR count). The van der Waals surface area contributed by atoms with Gasteiger partial charge in [-0.3, -0.25) is 0 Å². The third kappa shape index (κ3) is 3.77. The molecule has 0 spiro atoms. The first-order chi connectivity index (χ1) is 9.60. The van der Waals surface area contributed by atoms with E-state index in [1.54, 1.807) is 30.8 Å². The van der Waals surface area contributed by atoms with Crippen molar-refractivity contribution in [3.63, 3.8) is 0 Å². The summed E-state index contributed by atoms with van der Waals surface area (Å²) in [6.07, 6.45) is 0. The molecule has 0 aliphatic rings. The number of esters is 1. The molecule has 0 aliphatic heterocycles. The van der Waals surface area contributed by atoms with Crippen LogP contribution in [0, 0.1) is 0 Å². The number of nitrogen functional groups attached to an aromatic ring is 1. The summed E-state index contributed by atoms with van der Waals surface area (Å²) in [5.74, 6) is -0.295. The van der Waals surface area contributed by atoms with Crippen LogP contribution in [0.5, 0.6) is 0 Å². The molecule has 0 atom stereocenters. The number of hydrogen-bond donors (Lipinski definition) is 1. The van der Waals surface area contributed by atoms with Crippen molar-refractivity contribution in [2.75, 3.05) is 12.3 Å². The summed E-state index contributed by atoms with van der Waals surface area (Å²) in [7, 11) is 0. The monoisotopic (exact) mass is 351 g/mol. The second-order valence-corrected chi connectivity index (χ2v) is 6.03. The van der Waals surface area contributed by atoms with Gasteiger partial charge in [-0.1, -0.05) is 11.8 Å². The van der Waals surface area contributed by atoms with Crippen LogP contribution in [0.1, 0.15) is 17.3 Å². The Morgan fingerprint density at radius 1 is 1.20 bits per heavy atom. The van der Waals surface area contributed by atoms with E-state index in [9.17, 15) is 4.79 Å². The smallest absolute Gasteiger partial charge is 0.338 e. The molecule has 0 saturated carbocycles. The van der Waals surface area contributed by atoms with E-state index in [0.717, 1.165) is 14.3 Å². The molecule has 0 heterocycles. The lowest BCUT2D eigenvalue weighted by molar-refractivity contribution is 0.0526. The molecule has 0 bridgehead atoms. The number of benzene rings is 2. The molecule has 2 aromatic carbocycles. The number of nitrogens with two attached hydrogens (primary N) is 1. The van der Waals surface area contributed by atoms with Crippen molar-refractivity contribution in [1.82, 2.24) is 0 Å². The van der Waals surface area contributed by atoms with Crippen LogP contribution in [-0.2, 0) is 4.74 Å². The summed E-state index contributed by atoms with van der Waals surface area (Å²) in [6, 6.07) is 13.2. The molecule has 104 valence electrons. The molecule has 0 radical (unpaired) electrons. The van der Waals surface area contributed by atoms with Crippen molar-refractivity contribution in [2.24, 2.45) is 0 Å². The average Bonchev–Trinajstić information content (AvgIpc) is 2.44. The highest BCUT2D eigenvalue weighted by Gasteiger charge is 2.06. The molecule has 20 heavy (non-hydrogen) atoms. The molecule has 2 aromatic rings. The average molecular weight is 352 g/mol. The number of carbonyl (C=O) groups is 1. The predicted molar refractivity (Wildman–Crippen MR) is 85.1 cm³/mol. The highest BCUT2D eigenvalue weighted by molar-refractivity contribution is 9.10. The minimum absolute atomic E-state index is 0.295. The molecule has 0 aliphatic carbocycles. The number of hydrogen-bond acceptors (Lipinski definition) is 4. The summed E-state index contributed by atoms with van der Waals surface area (Å²) in [5.41, 5.74) is 7.12. The van der Waals surface area contributed by atoms with Crippen molar-refractivity contribution in [2.45, 2.75) is 16.7 Å². The summed E-state index contributed by atoms with van der Waals surface area (Å²) < 4.78 is 5.84.